The molecule has 2 N–H and O–H groups in total. The van der Waals surface area contributed by atoms with Crippen LogP contribution in [0.2, 0.25) is 0 Å². The molecule has 0 saturated heterocycles. The summed E-state index contributed by atoms with van der Waals surface area (Å²) in [5, 5.41) is 13.7. The molecule has 0 radical (unpaired) electrons. The zero-order chi connectivity index (χ0) is 11.6. The second-order valence-corrected chi connectivity index (χ2v) is 6.58. The molecule has 2 nitrogen and oxygen atoms in total. The van der Waals surface area contributed by atoms with Gasteiger partial charge in [-0.3, -0.25) is 0 Å². The summed E-state index contributed by atoms with van der Waals surface area (Å²) in [5.41, 5.74) is 0.496. The van der Waals surface area contributed by atoms with Gasteiger partial charge in [0.25, 0.3) is 0 Å². The van der Waals surface area contributed by atoms with Gasteiger partial charge < -0.3 is 10.4 Å². The first kappa shape index (κ1) is 12.4. The lowest BCUT2D eigenvalue weighted by molar-refractivity contribution is 0.0734. The van der Waals surface area contributed by atoms with Gasteiger partial charge in [-0.1, -0.05) is 33.1 Å². The third kappa shape index (κ3) is 3.21. The van der Waals surface area contributed by atoms with E-state index in [2.05, 4.69) is 19.2 Å². The summed E-state index contributed by atoms with van der Waals surface area (Å²) >= 11 is 0. The maximum absolute atomic E-state index is 9.97. The summed E-state index contributed by atoms with van der Waals surface area (Å²) in [7, 11) is 0. The molecule has 0 aromatic carbocycles. The lowest BCUT2D eigenvalue weighted by Gasteiger charge is -2.39. The van der Waals surface area contributed by atoms with Crippen molar-refractivity contribution in [3.05, 3.63) is 0 Å². The monoisotopic (exact) mass is 225 g/mol. The molecule has 0 bridgehead atoms. The van der Waals surface area contributed by atoms with Crippen molar-refractivity contribution >= 4 is 0 Å². The molecule has 1 unspecified atom stereocenters. The van der Waals surface area contributed by atoms with Crippen LogP contribution in [-0.2, 0) is 0 Å². The van der Waals surface area contributed by atoms with Crippen molar-refractivity contribution in [3.63, 3.8) is 0 Å². The zero-order valence-corrected chi connectivity index (χ0v) is 10.8. The molecule has 0 heterocycles. The van der Waals surface area contributed by atoms with E-state index in [4.69, 9.17) is 0 Å². The average molecular weight is 225 g/mol. The van der Waals surface area contributed by atoms with Crippen LogP contribution in [0.5, 0.6) is 0 Å². The van der Waals surface area contributed by atoms with E-state index < -0.39 is 0 Å². The van der Waals surface area contributed by atoms with Gasteiger partial charge in [-0.05, 0) is 37.5 Å². The third-order valence-corrected chi connectivity index (χ3v) is 4.38. The maximum atomic E-state index is 9.97. The van der Waals surface area contributed by atoms with Crippen LogP contribution < -0.4 is 5.32 Å². The zero-order valence-electron chi connectivity index (χ0n) is 10.8. The number of hydrogen-bond acceptors (Lipinski definition) is 2. The summed E-state index contributed by atoms with van der Waals surface area (Å²) in [6.45, 7) is 4.75. The second kappa shape index (κ2) is 5.05. The molecule has 0 amide bonds. The Morgan fingerprint density at radius 2 is 1.81 bits per heavy atom. The predicted octanol–water partition coefficient (Wildman–Crippen LogP) is 2.85. The molecule has 2 saturated carbocycles. The van der Waals surface area contributed by atoms with Crippen LogP contribution >= 0.6 is 0 Å². The van der Waals surface area contributed by atoms with Crippen molar-refractivity contribution in [3.8, 4) is 0 Å². The van der Waals surface area contributed by atoms with Crippen LogP contribution in [0.15, 0.2) is 0 Å². The van der Waals surface area contributed by atoms with Gasteiger partial charge in [0.15, 0.2) is 0 Å². The van der Waals surface area contributed by atoms with Crippen LogP contribution in [0.3, 0.4) is 0 Å². The van der Waals surface area contributed by atoms with Crippen molar-refractivity contribution < 1.29 is 5.11 Å². The Kier molecular flexibility index (Phi) is 3.91. The van der Waals surface area contributed by atoms with Crippen LogP contribution in [0.1, 0.15) is 65.2 Å². The molecular weight excluding hydrogens is 198 g/mol. The smallest absolute Gasteiger partial charge is 0.0693 e. The molecule has 2 fully saturated rings. The normalized spacial score (nSPS) is 39.6. The Morgan fingerprint density at radius 3 is 2.50 bits per heavy atom. The second-order valence-electron chi connectivity index (χ2n) is 6.58. The van der Waals surface area contributed by atoms with Crippen molar-refractivity contribution in [2.45, 2.75) is 83.4 Å². The summed E-state index contributed by atoms with van der Waals surface area (Å²) in [6.07, 6.45) is 9.82. The van der Waals surface area contributed by atoms with Gasteiger partial charge in [0.2, 0.25) is 0 Å². The van der Waals surface area contributed by atoms with E-state index in [0.29, 0.717) is 17.5 Å². The molecule has 0 aliphatic heterocycles. The lowest BCUT2D eigenvalue weighted by atomic mass is 9.74. The maximum Gasteiger partial charge on any atom is 0.0693 e. The third-order valence-electron chi connectivity index (χ3n) is 4.38. The number of rotatable bonds is 2. The minimum absolute atomic E-state index is 0.0983. The summed E-state index contributed by atoms with van der Waals surface area (Å²) in [5.74, 6) is 0. The Bertz CT molecular complexity index is 227. The first-order valence-electron chi connectivity index (χ1n) is 7.01. The molecule has 0 aromatic rings. The number of nitrogens with one attached hydrogen (secondary N) is 1. The Balaban J connectivity index is 1.84. The van der Waals surface area contributed by atoms with Crippen LogP contribution in [0, 0.1) is 5.41 Å². The fourth-order valence-corrected chi connectivity index (χ4v) is 3.45. The topological polar surface area (TPSA) is 32.3 Å². The molecule has 3 atom stereocenters. The minimum atomic E-state index is -0.0983. The molecular formula is C14H27NO. The highest BCUT2D eigenvalue weighted by molar-refractivity contribution is 4.88. The van der Waals surface area contributed by atoms with E-state index in [1.165, 1.54) is 38.5 Å². The fraction of sp³-hybridized carbons (Fsp3) is 1.00. The molecule has 2 rings (SSSR count). The van der Waals surface area contributed by atoms with Gasteiger partial charge in [-0.15, -0.1) is 0 Å². The minimum Gasteiger partial charge on any atom is -0.392 e. The largest absolute Gasteiger partial charge is 0.392 e. The van der Waals surface area contributed by atoms with Gasteiger partial charge in [-0.25, -0.2) is 0 Å². The van der Waals surface area contributed by atoms with Crippen molar-refractivity contribution in [1.29, 1.82) is 0 Å². The van der Waals surface area contributed by atoms with E-state index in [1.54, 1.807) is 0 Å². The Hall–Kier alpha value is -0.0800. The fourth-order valence-electron chi connectivity index (χ4n) is 3.45. The highest BCUT2D eigenvalue weighted by Gasteiger charge is 2.31. The highest BCUT2D eigenvalue weighted by atomic mass is 16.3. The first-order chi connectivity index (χ1) is 7.57. The quantitative estimate of drug-likeness (QED) is 0.757. The molecule has 2 aliphatic carbocycles. The highest BCUT2D eigenvalue weighted by Crippen LogP contribution is 2.35. The molecule has 0 spiro atoms. The number of aliphatic hydroxyl groups excluding tert-OH is 1. The van der Waals surface area contributed by atoms with Gasteiger partial charge in [0, 0.05) is 12.1 Å². The average Bonchev–Trinajstić information content (AvgIpc) is 2.20. The van der Waals surface area contributed by atoms with Crippen LogP contribution in [0.4, 0.5) is 0 Å². The summed E-state index contributed by atoms with van der Waals surface area (Å²) < 4.78 is 0. The SMILES string of the molecule is CC1(C)CCCC(N[C@H]2CCCC[C@@H]2O)C1. The van der Waals surface area contributed by atoms with Gasteiger partial charge in [0.1, 0.15) is 0 Å². The van der Waals surface area contributed by atoms with E-state index in [1.807, 2.05) is 0 Å². The van der Waals surface area contributed by atoms with Gasteiger partial charge in [0.05, 0.1) is 6.10 Å². The van der Waals surface area contributed by atoms with Crippen LogP contribution in [-0.4, -0.2) is 23.3 Å². The lowest BCUT2D eigenvalue weighted by Crippen LogP contribution is -2.49. The standard InChI is InChI=1S/C14H27NO/c1-14(2)9-5-6-11(10-14)15-12-7-3-4-8-13(12)16/h11-13,15-16H,3-10H2,1-2H3/t11?,12-,13-/m0/s1. The van der Waals surface area contributed by atoms with Crippen molar-refractivity contribution in [1.82, 2.24) is 5.32 Å². The molecule has 2 heteroatoms. The molecule has 94 valence electrons. The number of hydrogen-bond donors (Lipinski definition) is 2. The Morgan fingerprint density at radius 1 is 1.06 bits per heavy atom. The number of aliphatic hydroxyl groups is 1. The van der Waals surface area contributed by atoms with E-state index in [0.717, 1.165) is 12.8 Å². The van der Waals surface area contributed by atoms with E-state index >= 15 is 0 Å². The van der Waals surface area contributed by atoms with Crippen molar-refractivity contribution in [2.24, 2.45) is 5.41 Å². The van der Waals surface area contributed by atoms with E-state index in [-0.39, 0.29) is 6.10 Å². The molecule has 2 aliphatic rings. The Labute approximate surface area is 99.8 Å². The summed E-state index contributed by atoms with van der Waals surface area (Å²) in [6, 6.07) is 1.01. The first-order valence-corrected chi connectivity index (χ1v) is 7.01. The molecule has 16 heavy (non-hydrogen) atoms. The van der Waals surface area contributed by atoms with Crippen LogP contribution in [0.25, 0.3) is 0 Å². The van der Waals surface area contributed by atoms with E-state index in [9.17, 15) is 5.11 Å². The summed E-state index contributed by atoms with van der Waals surface area (Å²) in [4.78, 5) is 0. The van der Waals surface area contributed by atoms with Crippen molar-refractivity contribution in [2.75, 3.05) is 0 Å². The van der Waals surface area contributed by atoms with Gasteiger partial charge >= 0.3 is 0 Å². The predicted molar refractivity (Wildman–Crippen MR) is 67.4 cm³/mol. The van der Waals surface area contributed by atoms with Gasteiger partial charge in [-0.2, -0.15) is 0 Å². The molecule has 0 aromatic heterocycles.